The van der Waals surface area contributed by atoms with Gasteiger partial charge in [-0.15, -0.1) is 0 Å². The lowest BCUT2D eigenvalue weighted by Gasteiger charge is -2.17. The standard InChI is InChI=1S/C16H23N3O3/c1-22-14(10-17)9-15(20)18-11-12-4-2-5-13(8-12)19-7-3-6-16(19)21/h2,4-5,8,14H,3,6-7,9-11,17H2,1H3,(H,18,20). The van der Waals surface area contributed by atoms with E-state index in [4.69, 9.17) is 10.5 Å². The molecule has 1 saturated heterocycles. The highest BCUT2D eigenvalue weighted by atomic mass is 16.5. The topological polar surface area (TPSA) is 84.7 Å². The summed E-state index contributed by atoms with van der Waals surface area (Å²) in [6, 6.07) is 7.70. The Hall–Kier alpha value is -1.92. The van der Waals surface area contributed by atoms with Gasteiger partial charge < -0.3 is 20.7 Å². The molecule has 6 heteroatoms. The largest absolute Gasteiger partial charge is 0.380 e. The molecule has 1 unspecified atom stereocenters. The Morgan fingerprint density at radius 3 is 2.95 bits per heavy atom. The molecular formula is C16H23N3O3. The number of hydrogen-bond donors (Lipinski definition) is 2. The summed E-state index contributed by atoms with van der Waals surface area (Å²) >= 11 is 0. The number of carbonyl (C=O) groups excluding carboxylic acids is 2. The third kappa shape index (κ3) is 4.29. The minimum atomic E-state index is -0.256. The molecule has 0 bridgehead atoms. The molecule has 1 aromatic carbocycles. The number of ether oxygens (including phenoxy) is 1. The molecule has 0 radical (unpaired) electrons. The number of hydrogen-bond acceptors (Lipinski definition) is 4. The second kappa shape index (κ2) is 7.91. The number of anilines is 1. The summed E-state index contributed by atoms with van der Waals surface area (Å²) in [5.74, 6) is 0.0621. The number of methoxy groups -OCH3 is 1. The summed E-state index contributed by atoms with van der Waals surface area (Å²) in [6.07, 6.45) is 1.50. The SMILES string of the molecule is COC(CN)CC(=O)NCc1cccc(N2CCCC2=O)c1. The molecule has 0 spiro atoms. The second-order valence-corrected chi connectivity index (χ2v) is 5.39. The summed E-state index contributed by atoms with van der Waals surface area (Å²) in [4.78, 5) is 25.4. The number of amides is 2. The predicted octanol–water partition coefficient (Wildman–Crippen LogP) is 0.793. The monoisotopic (exact) mass is 305 g/mol. The fraction of sp³-hybridized carbons (Fsp3) is 0.500. The van der Waals surface area contributed by atoms with Crippen molar-refractivity contribution in [2.24, 2.45) is 5.73 Å². The third-order valence-electron chi connectivity index (χ3n) is 3.79. The van der Waals surface area contributed by atoms with E-state index in [0.717, 1.165) is 24.2 Å². The first-order chi connectivity index (χ1) is 10.6. The Morgan fingerprint density at radius 2 is 2.32 bits per heavy atom. The van der Waals surface area contributed by atoms with Crippen molar-refractivity contribution in [2.75, 3.05) is 25.1 Å². The van der Waals surface area contributed by atoms with Crippen molar-refractivity contribution < 1.29 is 14.3 Å². The van der Waals surface area contributed by atoms with Gasteiger partial charge in [0.15, 0.2) is 0 Å². The first-order valence-corrected chi connectivity index (χ1v) is 7.53. The Morgan fingerprint density at radius 1 is 1.50 bits per heavy atom. The zero-order chi connectivity index (χ0) is 15.9. The van der Waals surface area contributed by atoms with Crippen LogP contribution in [0.25, 0.3) is 0 Å². The number of benzene rings is 1. The van der Waals surface area contributed by atoms with Gasteiger partial charge in [0.25, 0.3) is 0 Å². The Balaban J connectivity index is 1.90. The van der Waals surface area contributed by atoms with Gasteiger partial charge in [-0.05, 0) is 24.1 Å². The highest BCUT2D eigenvalue weighted by Crippen LogP contribution is 2.22. The highest BCUT2D eigenvalue weighted by molar-refractivity contribution is 5.95. The van der Waals surface area contributed by atoms with Crippen molar-refractivity contribution in [3.8, 4) is 0 Å². The van der Waals surface area contributed by atoms with E-state index in [-0.39, 0.29) is 24.3 Å². The minimum Gasteiger partial charge on any atom is -0.380 e. The van der Waals surface area contributed by atoms with Gasteiger partial charge in [0.1, 0.15) is 0 Å². The van der Waals surface area contributed by atoms with Gasteiger partial charge in [0.05, 0.1) is 12.5 Å². The molecule has 120 valence electrons. The smallest absolute Gasteiger partial charge is 0.227 e. The van der Waals surface area contributed by atoms with Gasteiger partial charge in [-0.3, -0.25) is 9.59 Å². The van der Waals surface area contributed by atoms with E-state index in [2.05, 4.69) is 5.32 Å². The summed E-state index contributed by atoms with van der Waals surface area (Å²) in [5, 5.41) is 2.85. The predicted molar refractivity (Wildman–Crippen MR) is 84.3 cm³/mol. The van der Waals surface area contributed by atoms with Crippen LogP contribution in [0, 0.1) is 0 Å². The lowest BCUT2D eigenvalue weighted by atomic mass is 10.1. The van der Waals surface area contributed by atoms with Crippen LogP contribution < -0.4 is 16.0 Å². The third-order valence-corrected chi connectivity index (χ3v) is 3.79. The minimum absolute atomic E-state index is 0.0973. The van der Waals surface area contributed by atoms with Crippen LogP contribution in [0.3, 0.4) is 0 Å². The molecule has 1 aliphatic heterocycles. The number of nitrogens with zero attached hydrogens (tertiary/aromatic N) is 1. The van der Waals surface area contributed by atoms with E-state index in [1.807, 2.05) is 24.3 Å². The quantitative estimate of drug-likeness (QED) is 0.780. The first-order valence-electron chi connectivity index (χ1n) is 7.53. The van der Waals surface area contributed by atoms with Crippen molar-refractivity contribution in [3.05, 3.63) is 29.8 Å². The lowest BCUT2D eigenvalue weighted by Crippen LogP contribution is -2.32. The molecule has 3 N–H and O–H groups in total. The maximum Gasteiger partial charge on any atom is 0.227 e. The molecule has 0 aromatic heterocycles. The second-order valence-electron chi connectivity index (χ2n) is 5.39. The van der Waals surface area contributed by atoms with Gasteiger partial charge in [-0.1, -0.05) is 12.1 Å². The molecule has 2 amide bonds. The molecule has 1 fully saturated rings. The molecule has 22 heavy (non-hydrogen) atoms. The van der Waals surface area contributed by atoms with Crippen molar-refractivity contribution in [1.82, 2.24) is 5.32 Å². The van der Waals surface area contributed by atoms with Crippen LogP contribution in [0.2, 0.25) is 0 Å². The van der Waals surface area contributed by atoms with Gasteiger partial charge in [0, 0.05) is 38.9 Å². The van der Waals surface area contributed by atoms with Crippen molar-refractivity contribution in [1.29, 1.82) is 0 Å². The van der Waals surface area contributed by atoms with E-state index in [0.29, 0.717) is 19.5 Å². The average Bonchev–Trinajstić information content (AvgIpc) is 2.97. The van der Waals surface area contributed by atoms with Gasteiger partial charge in [-0.25, -0.2) is 0 Å². The van der Waals surface area contributed by atoms with E-state index < -0.39 is 0 Å². The van der Waals surface area contributed by atoms with Gasteiger partial charge in [0.2, 0.25) is 11.8 Å². The van der Waals surface area contributed by atoms with Crippen LogP contribution in [0.4, 0.5) is 5.69 Å². The molecule has 6 nitrogen and oxygen atoms in total. The van der Waals surface area contributed by atoms with Crippen molar-refractivity contribution in [3.63, 3.8) is 0 Å². The molecule has 0 saturated carbocycles. The Labute approximate surface area is 130 Å². The fourth-order valence-corrected chi connectivity index (χ4v) is 2.50. The molecule has 0 aliphatic carbocycles. The molecule has 2 rings (SSSR count). The lowest BCUT2D eigenvalue weighted by molar-refractivity contribution is -0.123. The van der Waals surface area contributed by atoms with Crippen LogP contribution in [-0.4, -0.2) is 38.1 Å². The average molecular weight is 305 g/mol. The number of nitrogens with two attached hydrogens (primary N) is 1. The van der Waals surface area contributed by atoms with Crippen LogP contribution in [-0.2, 0) is 20.9 Å². The summed E-state index contributed by atoms with van der Waals surface area (Å²) in [6.45, 7) is 1.51. The normalized spacial score (nSPS) is 15.9. The van der Waals surface area contributed by atoms with Crippen molar-refractivity contribution >= 4 is 17.5 Å². The first kappa shape index (κ1) is 16.5. The van der Waals surface area contributed by atoms with Crippen molar-refractivity contribution in [2.45, 2.75) is 31.9 Å². The van der Waals surface area contributed by atoms with Crippen LogP contribution in [0.1, 0.15) is 24.8 Å². The summed E-state index contributed by atoms with van der Waals surface area (Å²) < 4.78 is 5.09. The van der Waals surface area contributed by atoms with Crippen LogP contribution in [0.15, 0.2) is 24.3 Å². The van der Waals surface area contributed by atoms with E-state index in [1.54, 1.807) is 12.0 Å². The maximum atomic E-state index is 11.8. The number of rotatable bonds is 7. The van der Waals surface area contributed by atoms with E-state index in [1.165, 1.54) is 0 Å². The molecule has 1 atom stereocenters. The molecule has 1 aromatic rings. The van der Waals surface area contributed by atoms with Gasteiger partial charge >= 0.3 is 0 Å². The Bertz CT molecular complexity index is 529. The Kier molecular flexibility index (Phi) is 5.91. The van der Waals surface area contributed by atoms with Gasteiger partial charge in [-0.2, -0.15) is 0 Å². The van der Waals surface area contributed by atoms with Crippen LogP contribution in [0.5, 0.6) is 0 Å². The fourth-order valence-electron chi connectivity index (χ4n) is 2.50. The summed E-state index contributed by atoms with van der Waals surface area (Å²) in [7, 11) is 1.54. The maximum absolute atomic E-state index is 11.8. The number of carbonyl (C=O) groups is 2. The number of nitrogens with one attached hydrogen (secondary N) is 1. The zero-order valence-electron chi connectivity index (χ0n) is 12.9. The van der Waals surface area contributed by atoms with Crippen LogP contribution >= 0.6 is 0 Å². The summed E-state index contributed by atoms with van der Waals surface area (Å²) in [5.41, 5.74) is 7.36. The highest BCUT2D eigenvalue weighted by Gasteiger charge is 2.21. The molecular weight excluding hydrogens is 282 g/mol. The molecule has 1 heterocycles. The zero-order valence-corrected chi connectivity index (χ0v) is 12.9. The van der Waals surface area contributed by atoms with E-state index >= 15 is 0 Å². The van der Waals surface area contributed by atoms with E-state index in [9.17, 15) is 9.59 Å². The molecule has 1 aliphatic rings.